The Morgan fingerprint density at radius 2 is 2.04 bits per heavy atom. The maximum Gasteiger partial charge on any atom is 0.239 e. The van der Waals surface area contributed by atoms with Gasteiger partial charge in [-0.05, 0) is 50.6 Å². The highest BCUT2D eigenvalue weighted by molar-refractivity contribution is 5.81. The first kappa shape index (κ1) is 16.5. The van der Waals surface area contributed by atoms with Gasteiger partial charge in [0.2, 0.25) is 5.91 Å². The van der Waals surface area contributed by atoms with Gasteiger partial charge < -0.3 is 10.6 Å². The van der Waals surface area contributed by atoms with E-state index >= 15 is 0 Å². The summed E-state index contributed by atoms with van der Waals surface area (Å²) in [6.07, 6.45) is 4.75. The molecule has 1 amide bonds. The third-order valence-electron chi connectivity index (χ3n) is 4.97. The Kier molecular flexibility index (Phi) is 5.34. The standard InChI is InChI=1S/C19H29N3O/c1-15(20)19(23)22(18-9-10-18)14-17-8-5-11-21(13-17)12-16-6-3-2-4-7-16/h2-4,6-7,15,17-18H,5,8-14,20H2,1H3/t15-,17?/m0/s1. The van der Waals surface area contributed by atoms with Crippen LogP contribution >= 0.6 is 0 Å². The highest BCUT2D eigenvalue weighted by atomic mass is 16.2. The number of nitrogens with two attached hydrogens (primary N) is 1. The molecule has 2 atom stereocenters. The maximum atomic E-state index is 12.4. The van der Waals surface area contributed by atoms with Crippen LogP contribution in [0.1, 0.15) is 38.2 Å². The number of rotatable bonds is 6. The van der Waals surface area contributed by atoms with Crippen molar-refractivity contribution in [3.8, 4) is 0 Å². The van der Waals surface area contributed by atoms with Crippen LogP contribution in [0.4, 0.5) is 0 Å². The van der Waals surface area contributed by atoms with Gasteiger partial charge in [-0.25, -0.2) is 0 Å². The zero-order chi connectivity index (χ0) is 16.2. The summed E-state index contributed by atoms with van der Waals surface area (Å²) in [6.45, 7) is 5.96. The van der Waals surface area contributed by atoms with Crippen molar-refractivity contribution >= 4 is 5.91 Å². The minimum atomic E-state index is -0.375. The fraction of sp³-hybridized carbons (Fsp3) is 0.632. The molecule has 1 saturated heterocycles. The molecule has 1 heterocycles. The number of hydrogen-bond acceptors (Lipinski definition) is 3. The molecule has 1 unspecified atom stereocenters. The molecular weight excluding hydrogens is 286 g/mol. The highest BCUT2D eigenvalue weighted by Gasteiger charge is 2.35. The van der Waals surface area contributed by atoms with Crippen LogP contribution in [0.15, 0.2) is 30.3 Å². The Hall–Kier alpha value is -1.39. The van der Waals surface area contributed by atoms with Gasteiger partial charge in [-0.15, -0.1) is 0 Å². The van der Waals surface area contributed by atoms with Crippen molar-refractivity contribution in [3.05, 3.63) is 35.9 Å². The monoisotopic (exact) mass is 315 g/mol. The summed E-state index contributed by atoms with van der Waals surface area (Å²) < 4.78 is 0. The number of carbonyl (C=O) groups is 1. The van der Waals surface area contributed by atoms with E-state index in [9.17, 15) is 4.79 Å². The van der Waals surface area contributed by atoms with Gasteiger partial charge in [0.1, 0.15) is 0 Å². The van der Waals surface area contributed by atoms with E-state index in [1.54, 1.807) is 6.92 Å². The zero-order valence-corrected chi connectivity index (χ0v) is 14.2. The van der Waals surface area contributed by atoms with Crippen LogP contribution < -0.4 is 5.73 Å². The van der Waals surface area contributed by atoms with E-state index in [0.29, 0.717) is 12.0 Å². The molecule has 126 valence electrons. The van der Waals surface area contributed by atoms with Crippen LogP contribution in [0.25, 0.3) is 0 Å². The predicted octanol–water partition coefficient (Wildman–Crippen LogP) is 2.24. The lowest BCUT2D eigenvalue weighted by Crippen LogP contribution is -2.48. The molecule has 23 heavy (non-hydrogen) atoms. The molecule has 4 heteroatoms. The van der Waals surface area contributed by atoms with Crippen molar-refractivity contribution in [2.24, 2.45) is 11.7 Å². The second-order valence-electron chi connectivity index (χ2n) is 7.24. The quantitative estimate of drug-likeness (QED) is 0.876. The second-order valence-corrected chi connectivity index (χ2v) is 7.24. The van der Waals surface area contributed by atoms with Gasteiger partial charge in [-0.2, -0.15) is 0 Å². The third kappa shape index (κ3) is 4.55. The highest BCUT2D eigenvalue weighted by Crippen LogP contribution is 2.30. The first-order chi connectivity index (χ1) is 11.1. The third-order valence-corrected chi connectivity index (χ3v) is 4.97. The lowest BCUT2D eigenvalue weighted by Gasteiger charge is -2.36. The summed E-state index contributed by atoms with van der Waals surface area (Å²) in [5, 5.41) is 0. The fourth-order valence-corrected chi connectivity index (χ4v) is 3.63. The Bertz CT molecular complexity index is 513. The number of hydrogen-bond donors (Lipinski definition) is 1. The van der Waals surface area contributed by atoms with Crippen molar-refractivity contribution < 1.29 is 4.79 Å². The Morgan fingerprint density at radius 1 is 1.30 bits per heavy atom. The van der Waals surface area contributed by atoms with Crippen molar-refractivity contribution in [3.63, 3.8) is 0 Å². The van der Waals surface area contributed by atoms with Crippen molar-refractivity contribution in [2.75, 3.05) is 19.6 Å². The molecule has 1 aliphatic carbocycles. The number of piperidine rings is 1. The summed E-state index contributed by atoms with van der Waals surface area (Å²) in [5.41, 5.74) is 7.21. The largest absolute Gasteiger partial charge is 0.338 e. The molecule has 0 bridgehead atoms. The lowest BCUT2D eigenvalue weighted by molar-refractivity contribution is -0.133. The summed E-state index contributed by atoms with van der Waals surface area (Å²) in [4.78, 5) is 17.0. The van der Waals surface area contributed by atoms with Gasteiger partial charge in [0, 0.05) is 25.7 Å². The van der Waals surface area contributed by atoms with Gasteiger partial charge in [-0.3, -0.25) is 9.69 Å². The lowest BCUT2D eigenvalue weighted by atomic mass is 9.96. The predicted molar refractivity (Wildman–Crippen MR) is 92.8 cm³/mol. The molecule has 1 aromatic rings. The molecule has 2 fully saturated rings. The molecule has 0 aromatic heterocycles. The normalized spacial score (nSPS) is 23.5. The van der Waals surface area contributed by atoms with Crippen molar-refractivity contribution in [2.45, 2.75) is 51.2 Å². The summed E-state index contributed by atoms with van der Waals surface area (Å²) in [7, 11) is 0. The molecule has 2 N–H and O–H groups in total. The van der Waals surface area contributed by atoms with E-state index in [0.717, 1.165) is 39.0 Å². The molecular formula is C19H29N3O. The van der Waals surface area contributed by atoms with Gasteiger partial charge >= 0.3 is 0 Å². The maximum absolute atomic E-state index is 12.4. The SMILES string of the molecule is C[C@H](N)C(=O)N(CC1CCCN(Cc2ccccc2)C1)C1CC1. The van der Waals surface area contributed by atoms with E-state index in [-0.39, 0.29) is 11.9 Å². The van der Waals surface area contributed by atoms with Gasteiger partial charge in [-0.1, -0.05) is 30.3 Å². The van der Waals surface area contributed by atoms with E-state index in [1.165, 1.54) is 18.4 Å². The summed E-state index contributed by atoms with van der Waals surface area (Å²) >= 11 is 0. The second kappa shape index (κ2) is 7.45. The van der Waals surface area contributed by atoms with Crippen LogP contribution in [0.2, 0.25) is 0 Å². The molecule has 2 aliphatic rings. The smallest absolute Gasteiger partial charge is 0.239 e. The van der Waals surface area contributed by atoms with E-state index in [4.69, 9.17) is 5.73 Å². The minimum Gasteiger partial charge on any atom is -0.338 e. The summed E-state index contributed by atoms with van der Waals surface area (Å²) in [6, 6.07) is 10.7. The average Bonchev–Trinajstić information content (AvgIpc) is 3.38. The minimum absolute atomic E-state index is 0.132. The van der Waals surface area contributed by atoms with Crippen LogP contribution in [0.5, 0.6) is 0 Å². The number of benzene rings is 1. The molecule has 3 rings (SSSR count). The van der Waals surface area contributed by atoms with Gasteiger partial charge in [0.15, 0.2) is 0 Å². The average molecular weight is 315 g/mol. The number of nitrogens with zero attached hydrogens (tertiary/aromatic N) is 2. The molecule has 0 spiro atoms. The number of amides is 1. The molecule has 0 radical (unpaired) electrons. The van der Waals surface area contributed by atoms with E-state index < -0.39 is 0 Å². The topological polar surface area (TPSA) is 49.6 Å². The van der Waals surface area contributed by atoms with Crippen LogP contribution in [-0.2, 0) is 11.3 Å². The molecule has 1 aliphatic heterocycles. The summed E-state index contributed by atoms with van der Waals surface area (Å²) in [5.74, 6) is 0.712. The fourth-order valence-electron chi connectivity index (χ4n) is 3.63. The Balaban J connectivity index is 1.56. The zero-order valence-electron chi connectivity index (χ0n) is 14.2. The first-order valence-electron chi connectivity index (χ1n) is 8.96. The van der Waals surface area contributed by atoms with Crippen LogP contribution in [0, 0.1) is 5.92 Å². The van der Waals surface area contributed by atoms with E-state index in [1.807, 2.05) is 0 Å². The first-order valence-corrected chi connectivity index (χ1v) is 8.96. The van der Waals surface area contributed by atoms with Crippen LogP contribution in [-0.4, -0.2) is 47.4 Å². The molecule has 1 saturated carbocycles. The van der Waals surface area contributed by atoms with Crippen molar-refractivity contribution in [1.82, 2.24) is 9.80 Å². The van der Waals surface area contributed by atoms with Gasteiger partial charge in [0.05, 0.1) is 6.04 Å². The number of likely N-dealkylation sites (tertiary alicyclic amines) is 1. The molecule has 1 aromatic carbocycles. The van der Waals surface area contributed by atoms with Gasteiger partial charge in [0.25, 0.3) is 0 Å². The molecule has 4 nitrogen and oxygen atoms in total. The van der Waals surface area contributed by atoms with Crippen LogP contribution in [0.3, 0.4) is 0 Å². The van der Waals surface area contributed by atoms with E-state index in [2.05, 4.69) is 40.1 Å². The van der Waals surface area contributed by atoms with Crippen molar-refractivity contribution in [1.29, 1.82) is 0 Å². The Labute approximate surface area is 139 Å². The number of carbonyl (C=O) groups excluding carboxylic acids is 1. The Morgan fingerprint density at radius 3 is 2.70 bits per heavy atom.